The molecule has 0 aliphatic carbocycles. The highest BCUT2D eigenvalue weighted by molar-refractivity contribution is 7.80. The minimum absolute atomic E-state index is 0.144. The summed E-state index contributed by atoms with van der Waals surface area (Å²) in [5.74, 6) is 0.589. The first-order valence-corrected chi connectivity index (χ1v) is 10.3. The molecule has 0 saturated carbocycles. The van der Waals surface area contributed by atoms with E-state index >= 15 is 0 Å². The minimum Gasteiger partial charge on any atom is -0.451 e. The van der Waals surface area contributed by atoms with E-state index in [2.05, 4.69) is 30.5 Å². The van der Waals surface area contributed by atoms with Crippen LogP contribution in [0, 0.1) is 0 Å². The summed E-state index contributed by atoms with van der Waals surface area (Å²) in [5.41, 5.74) is 2.75. The molecule has 0 radical (unpaired) electrons. The molecule has 1 atom stereocenters. The third-order valence-corrected chi connectivity index (χ3v) is 5.56. The number of amides is 1. The summed E-state index contributed by atoms with van der Waals surface area (Å²) in [7, 11) is 0. The fourth-order valence-corrected chi connectivity index (χ4v) is 3.34. The quantitative estimate of drug-likeness (QED) is 0.418. The summed E-state index contributed by atoms with van der Waals surface area (Å²) in [4.78, 5) is 12.5. The Bertz CT molecular complexity index is 1050. The first-order valence-electron chi connectivity index (χ1n) is 9.15. The van der Waals surface area contributed by atoms with Crippen LogP contribution in [0.3, 0.4) is 0 Å². The fraction of sp³-hybridized carbons (Fsp3) is 0.182. The summed E-state index contributed by atoms with van der Waals surface area (Å²) in [6.07, 6.45) is 1.00. The number of rotatable bonds is 5. The van der Waals surface area contributed by atoms with Gasteiger partial charge in [0.05, 0.1) is 10.0 Å². The molecule has 1 heterocycles. The van der Waals surface area contributed by atoms with Gasteiger partial charge in [0.15, 0.2) is 10.9 Å². The van der Waals surface area contributed by atoms with Gasteiger partial charge < -0.3 is 9.73 Å². The van der Waals surface area contributed by atoms with Crippen molar-refractivity contribution in [2.75, 3.05) is 5.32 Å². The molecule has 0 aliphatic rings. The van der Waals surface area contributed by atoms with Gasteiger partial charge in [-0.15, -0.1) is 0 Å². The molecule has 7 heteroatoms. The van der Waals surface area contributed by atoms with E-state index in [1.165, 1.54) is 0 Å². The summed E-state index contributed by atoms with van der Waals surface area (Å²) in [6.45, 7) is 4.28. The highest BCUT2D eigenvalue weighted by Gasteiger charge is 2.16. The molecule has 0 spiro atoms. The number of hydrogen-bond donors (Lipinski definition) is 2. The lowest BCUT2D eigenvalue weighted by Gasteiger charge is -2.16. The van der Waals surface area contributed by atoms with Gasteiger partial charge in [-0.05, 0) is 66.5 Å². The number of benzene rings is 2. The SMILES string of the molecule is CC[C@@H](C)c1ccccc1NC(=S)NC(=O)c1ccc(-c2ccc(Cl)c(Cl)c2)o1. The number of para-hydroxylation sites is 1. The largest absolute Gasteiger partial charge is 0.451 e. The summed E-state index contributed by atoms with van der Waals surface area (Å²) in [5, 5.41) is 6.83. The first-order chi connectivity index (χ1) is 13.9. The molecule has 29 heavy (non-hydrogen) atoms. The van der Waals surface area contributed by atoms with Gasteiger partial charge in [0, 0.05) is 11.3 Å². The third-order valence-electron chi connectivity index (χ3n) is 4.61. The molecule has 3 rings (SSSR count). The van der Waals surface area contributed by atoms with Crippen molar-refractivity contribution >= 4 is 52.1 Å². The Morgan fingerprint density at radius 1 is 1.10 bits per heavy atom. The smallest absolute Gasteiger partial charge is 0.293 e. The second kappa shape index (κ2) is 9.44. The third kappa shape index (κ3) is 5.18. The number of halogens is 2. The standard InChI is InChI=1S/C22H20Cl2N2O2S/c1-3-13(2)15-6-4-5-7-18(15)25-22(29)26-21(27)20-11-10-19(28-20)14-8-9-16(23)17(24)12-14/h4-13H,3H2,1-2H3,(H2,25,26,27,29)/t13-/m1/s1. The fourth-order valence-electron chi connectivity index (χ4n) is 2.84. The summed E-state index contributed by atoms with van der Waals surface area (Å²) < 4.78 is 5.66. The number of anilines is 1. The lowest BCUT2D eigenvalue weighted by atomic mass is 9.97. The molecule has 0 bridgehead atoms. The Kier molecular flexibility index (Phi) is 6.96. The van der Waals surface area contributed by atoms with Crippen LogP contribution >= 0.6 is 35.4 Å². The van der Waals surface area contributed by atoms with Crippen molar-refractivity contribution in [2.45, 2.75) is 26.2 Å². The van der Waals surface area contributed by atoms with Crippen LogP contribution in [0.1, 0.15) is 42.3 Å². The van der Waals surface area contributed by atoms with Gasteiger partial charge in [-0.25, -0.2) is 0 Å². The van der Waals surface area contributed by atoms with Gasteiger partial charge in [0.2, 0.25) is 0 Å². The van der Waals surface area contributed by atoms with E-state index in [1.807, 2.05) is 18.2 Å². The van der Waals surface area contributed by atoms with Crippen molar-refractivity contribution in [2.24, 2.45) is 0 Å². The first kappa shape index (κ1) is 21.4. The number of furan rings is 1. The van der Waals surface area contributed by atoms with Gasteiger partial charge in [-0.3, -0.25) is 10.1 Å². The van der Waals surface area contributed by atoms with Gasteiger partial charge in [0.25, 0.3) is 5.91 Å². The van der Waals surface area contributed by atoms with E-state index in [-0.39, 0.29) is 10.9 Å². The Hall–Kier alpha value is -2.34. The molecule has 1 amide bonds. The molecular formula is C22H20Cl2N2O2S. The van der Waals surface area contributed by atoms with E-state index in [0.717, 1.165) is 23.2 Å². The van der Waals surface area contributed by atoms with E-state index in [0.29, 0.717) is 21.7 Å². The summed E-state index contributed by atoms with van der Waals surface area (Å²) >= 11 is 17.3. The topological polar surface area (TPSA) is 54.3 Å². The van der Waals surface area contributed by atoms with Gasteiger partial charge in [-0.2, -0.15) is 0 Å². The molecule has 0 aliphatic heterocycles. The second-order valence-electron chi connectivity index (χ2n) is 6.60. The number of hydrogen-bond acceptors (Lipinski definition) is 3. The molecule has 150 valence electrons. The van der Waals surface area contributed by atoms with E-state index in [4.69, 9.17) is 39.8 Å². The van der Waals surface area contributed by atoms with Crippen molar-refractivity contribution in [1.82, 2.24) is 5.32 Å². The lowest BCUT2D eigenvalue weighted by molar-refractivity contribution is 0.0951. The molecule has 2 N–H and O–H groups in total. The van der Waals surface area contributed by atoms with Crippen molar-refractivity contribution < 1.29 is 9.21 Å². The Balaban J connectivity index is 1.69. The van der Waals surface area contributed by atoms with E-state index in [1.54, 1.807) is 30.3 Å². The van der Waals surface area contributed by atoms with Crippen LogP contribution in [0.2, 0.25) is 10.0 Å². The average molecular weight is 447 g/mol. The normalized spacial score (nSPS) is 11.7. The van der Waals surface area contributed by atoms with Crippen LogP contribution < -0.4 is 10.6 Å². The maximum absolute atomic E-state index is 12.5. The van der Waals surface area contributed by atoms with Crippen LogP contribution in [0.25, 0.3) is 11.3 Å². The highest BCUT2D eigenvalue weighted by atomic mass is 35.5. The summed E-state index contributed by atoms with van der Waals surface area (Å²) in [6, 6.07) is 16.3. The Morgan fingerprint density at radius 3 is 2.59 bits per heavy atom. The minimum atomic E-state index is -0.435. The highest BCUT2D eigenvalue weighted by Crippen LogP contribution is 2.30. The van der Waals surface area contributed by atoms with Crippen LogP contribution in [0.5, 0.6) is 0 Å². The van der Waals surface area contributed by atoms with Crippen molar-refractivity contribution in [3.05, 3.63) is 76.0 Å². The predicted octanol–water partition coefficient (Wildman–Crippen LogP) is 6.89. The zero-order valence-corrected chi connectivity index (χ0v) is 18.3. The number of thiocarbonyl (C=S) groups is 1. The van der Waals surface area contributed by atoms with Gasteiger partial charge in [0.1, 0.15) is 5.76 Å². The maximum Gasteiger partial charge on any atom is 0.293 e. The molecule has 4 nitrogen and oxygen atoms in total. The van der Waals surface area contributed by atoms with Crippen LogP contribution in [-0.4, -0.2) is 11.0 Å². The van der Waals surface area contributed by atoms with E-state index in [9.17, 15) is 4.79 Å². The van der Waals surface area contributed by atoms with Gasteiger partial charge in [-0.1, -0.05) is 55.2 Å². The monoisotopic (exact) mass is 446 g/mol. The van der Waals surface area contributed by atoms with Crippen LogP contribution in [0.4, 0.5) is 5.69 Å². The lowest BCUT2D eigenvalue weighted by Crippen LogP contribution is -2.34. The van der Waals surface area contributed by atoms with E-state index < -0.39 is 5.91 Å². The van der Waals surface area contributed by atoms with Gasteiger partial charge >= 0.3 is 0 Å². The predicted molar refractivity (Wildman–Crippen MR) is 123 cm³/mol. The maximum atomic E-state index is 12.5. The zero-order chi connectivity index (χ0) is 21.0. The van der Waals surface area contributed by atoms with Crippen LogP contribution in [0.15, 0.2) is 59.0 Å². The average Bonchev–Trinajstić information content (AvgIpc) is 3.20. The second-order valence-corrected chi connectivity index (χ2v) is 7.82. The molecular weight excluding hydrogens is 427 g/mol. The number of nitrogens with one attached hydrogen (secondary N) is 2. The van der Waals surface area contributed by atoms with Crippen molar-refractivity contribution in [1.29, 1.82) is 0 Å². The van der Waals surface area contributed by atoms with Crippen molar-refractivity contribution in [3.63, 3.8) is 0 Å². The van der Waals surface area contributed by atoms with Crippen LogP contribution in [-0.2, 0) is 0 Å². The number of carbonyl (C=O) groups excluding carboxylic acids is 1. The molecule has 0 saturated heterocycles. The zero-order valence-electron chi connectivity index (χ0n) is 16.0. The Morgan fingerprint density at radius 2 is 1.86 bits per heavy atom. The molecule has 3 aromatic rings. The Labute approximate surface area is 185 Å². The molecule has 2 aromatic carbocycles. The number of carbonyl (C=O) groups is 1. The van der Waals surface area contributed by atoms with Crippen molar-refractivity contribution in [3.8, 4) is 11.3 Å². The molecule has 0 fully saturated rings. The molecule has 0 unspecified atom stereocenters. The molecule has 1 aromatic heterocycles.